The smallest absolute Gasteiger partial charge is 0.254 e. The van der Waals surface area contributed by atoms with Crippen LogP contribution in [-0.4, -0.2) is 59.9 Å². The van der Waals surface area contributed by atoms with Gasteiger partial charge in [0, 0.05) is 43.5 Å². The van der Waals surface area contributed by atoms with E-state index < -0.39 is 0 Å². The molecule has 1 saturated carbocycles. The van der Waals surface area contributed by atoms with Crippen molar-refractivity contribution in [3.8, 4) is 6.07 Å². The van der Waals surface area contributed by atoms with Gasteiger partial charge in [0.05, 0.1) is 11.6 Å². The zero-order valence-corrected chi connectivity index (χ0v) is 19.6. The summed E-state index contributed by atoms with van der Waals surface area (Å²) in [6, 6.07) is 19.1. The second-order valence-corrected chi connectivity index (χ2v) is 9.77. The Morgan fingerprint density at radius 1 is 0.853 bits per heavy atom. The average Bonchev–Trinajstić information content (AvgIpc) is 3.10. The number of fused-ring (bicyclic) bond motifs is 1. The maximum Gasteiger partial charge on any atom is 0.254 e. The Morgan fingerprint density at radius 3 is 2.38 bits per heavy atom. The van der Waals surface area contributed by atoms with Gasteiger partial charge in [0.1, 0.15) is 6.04 Å². The van der Waals surface area contributed by atoms with Crippen molar-refractivity contribution in [1.29, 1.82) is 5.26 Å². The third-order valence-corrected chi connectivity index (χ3v) is 7.80. The number of nitrogens with zero attached hydrogens (tertiary/aromatic N) is 4. The summed E-state index contributed by atoms with van der Waals surface area (Å²) in [4.78, 5) is 33.6. The summed E-state index contributed by atoms with van der Waals surface area (Å²) in [6.07, 6.45) is 6.11. The fourth-order valence-electron chi connectivity index (χ4n) is 6.06. The van der Waals surface area contributed by atoms with Gasteiger partial charge in [-0.25, -0.2) is 0 Å². The van der Waals surface area contributed by atoms with E-state index in [4.69, 9.17) is 5.26 Å². The van der Waals surface area contributed by atoms with Crippen molar-refractivity contribution in [2.75, 3.05) is 31.1 Å². The Labute approximate surface area is 201 Å². The van der Waals surface area contributed by atoms with Gasteiger partial charge < -0.3 is 14.7 Å². The van der Waals surface area contributed by atoms with Crippen LogP contribution in [0.1, 0.15) is 54.4 Å². The SMILES string of the molecule is N#Cc1ccc(N2CCCN(C(=O)C3CC4CCCCC4N3C(=O)c3ccccc3)CC2)cc1. The molecule has 0 bridgehead atoms. The van der Waals surface area contributed by atoms with Crippen LogP contribution < -0.4 is 4.90 Å². The van der Waals surface area contributed by atoms with E-state index in [2.05, 4.69) is 11.0 Å². The quantitative estimate of drug-likeness (QED) is 0.698. The lowest BCUT2D eigenvalue weighted by Crippen LogP contribution is -2.51. The maximum atomic E-state index is 13.8. The lowest BCUT2D eigenvalue weighted by Gasteiger charge is -2.35. The highest BCUT2D eigenvalue weighted by atomic mass is 16.2. The molecule has 3 unspecified atom stereocenters. The number of rotatable bonds is 3. The van der Waals surface area contributed by atoms with E-state index in [9.17, 15) is 9.59 Å². The molecule has 3 atom stereocenters. The van der Waals surface area contributed by atoms with E-state index in [1.165, 1.54) is 6.42 Å². The number of anilines is 1. The third-order valence-electron chi connectivity index (χ3n) is 7.80. The van der Waals surface area contributed by atoms with E-state index >= 15 is 0 Å². The van der Waals surface area contributed by atoms with Gasteiger partial charge in [-0.2, -0.15) is 5.26 Å². The summed E-state index contributed by atoms with van der Waals surface area (Å²) < 4.78 is 0. The van der Waals surface area contributed by atoms with Gasteiger partial charge in [-0.05, 0) is 68.0 Å². The first-order chi connectivity index (χ1) is 16.7. The first kappa shape index (κ1) is 22.5. The molecule has 0 spiro atoms. The Bertz CT molecular complexity index is 1060. The molecule has 6 heteroatoms. The van der Waals surface area contributed by atoms with Crippen molar-refractivity contribution < 1.29 is 9.59 Å². The van der Waals surface area contributed by atoms with Crippen LogP contribution in [-0.2, 0) is 4.79 Å². The zero-order chi connectivity index (χ0) is 23.5. The molecular formula is C28H32N4O2. The number of carbonyl (C=O) groups excluding carboxylic acids is 2. The molecule has 1 aliphatic carbocycles. The molecular weight excluding hydrogens is 424 g/mol. The molecule has 2 aromatic carbocycles. The van der Waals surface area contributed by atoms with Crippen molar-refractivity contribution >= 4 is 17.5 Å². The predicted molar refractivity (Wildman–Crippen MR) is 131 cm³/mol. The summed E-state index contributed by atoms with van der Waals surface area (Å²) in [5, 5.41) is 9.06. The van der Waals surface area contributed by atoms with Crippen LogP contribution in [0.3, 0.4) is 0 Å². The number of likely N-dealkylation sites (tertiary alicyclic amines) is 1. The number of hydrogen-bond acceptors (Lipinski definition) is 4. The Morgan fingerprint density at radius 2 is 1.62 bits per heavy atom. The highest BCUT2D eigenvalue weighted by Crippen LogP contribution is 2.41. The van der Waals surface area contributed by atoms with Crippen molar-refractivity contribution in [3.05, 3.63) is 65.7 Å². The Kier molecular flexibility index (Phi) is 6.53. The molecule has 2 aromatic rings. The van der Waals surface area contributed by atoms with Crippen LogP contribution in [0.5, 0.6) is 0 Å². The molecule has 3 fully saturated rings. The van der Waals surface area contributed by atoms with Crippen LogP contribution in [0.4, 0.5) is 5.69 Å². The molecule has 0 aromatic heterocycles. The topological polar surface area (TPSA) is 67.7 Å². The van der Waals surface area contributed by atoms with E-state index in [0.717, 1.165) is 50.9 Å². The minimum absolute atomic E-state index is 0.00220. The number of carbonyl (C=O) groups is 2. The number of amides is 2. The molecule has 3 aliphatic rings. The fraction of sp³-hybridized carbons (Fsp3) is 0.464. The average molecular weight is 457 g/mol. The van der Waals surface area contributed by atoms with E-state index in [-0.39, 0.29) is 23.9 Å². The van der Waals surface area contributed by atoms with Crippen molar-refractivity contribution in [2.24, 2.45) is 5.92 Å². The second-order valence-electron chi connectivity index (χ2n) is 9.77. The van der Waals surface area contributed by atoms with Crippen molar-refractivity contribution in [1.82, 2.24) is 9.80 Å². The molecule has 2 aliphatic heterocycles. The summed E-state index contributed by atoms with van der Waals surface area (Å²) >= 11 is 0. The molecule has 34 heavy (non-hydrogen) atoms. The second kappa shape index (κ2) is 9.89. The lowest BCUT2D eigenvalue weighted by atomic mass is 9.84. The van der Waals surface area contributed by atoms with Crippen LogP contribution in [0.15, 0.2) is 54.6 Å². The lowest BCUT2D eigenvalue weighted by molar-refractivity contribution is -0.135. The molecule has 2 saturated heterocycles. The van der Waals surface area contributed by atoms with Crippen LogP contribution >= 0.6 is 0 Å². The summed E-state index contributed by atoms with van der Waals surface area (Å²) in [7, 11) is 0. The molecule has 0 N–H and O–H groups in total. The Balaban J connectivity index is 1.32. The number of benzene rings is 2. The molecule has 6 nitrogen and oxygen atoms in total. The monoisotopic (exact) mass is 456 g/mol. The van der Waals surface area contributed by atoms with Gasteiger partial charge in [0.15, 0.2) is 0 Å². The molecule has 176 valence electrons. The molecule has 2 amide bonds. The van der Waals surface area contributed by atoms with Gasteiger partial charge in [-0.3, -0.25) is 9.59 Å². The van der Waals surface area contributed by atoms with Gasteiger partial charge in [0.25, 0.3) is 5.91 Å². The highest BCUT2D eigenvalue weighted by Gasteiger charge is 2.48. The van der Waals surface area contributed by atoms with Gasteiger partial charge in [-0.1, -0.05) is 31.0 Å². The minimum atomic E-state index is -0.359. The Hall–Kier alpha value is -3.33. The first-order valence-electron chi connectivity index (χ1n) is 12.6. The van der Waals surface area contributed by atoms with E-state index in [1.54, 1.807) is 0 Å². The van der Waals surface area contributed by atoms with E-state index in [0.29, 0.717) is 30.1 Å². The zero-order valence-electron chi connectivity index (χ0n) is 19.6. The third kappa shape index (κ3) is 4.40. The molecule has 5 rings (SSSR count). The maximum absolute atomic E-state index is 13.8. The summed E-state index contributed by atoms with van der Waals surface area (Å²) in [5.74, 6) is 0.542. The predicted octanol–water partition coefficient (Wildman–Crippen LogP) is 4.07. The first-order valence-corrected chi connectivity index (χ1v) is 12.6. The largest absolute Gasteiger partial charge is 0.370 e. The van der Waals surface area contributed by atoms with Gasteiger partial charge >= 0.3 is 0 Å². The minimum Gasteiger partial charge on any atom is -0.370 e. The molecule has 2 heterocycles. The van der Waals surface area contributed by atoms with Gasteiger partial charge in [-0.15, -0.1) is 0 Å². The highest BCUT2D eigenvalue weighted by molar-refractivity contribution is 5.98. The summed E-state index contributed by atoms with van der Waals surface area (Å²) in [5.41, 5.74) is 2.41. The van der Waals surface area contributed by atoms with E-state index in [1.807, 2.05) is 64.4 Å². The summed E-state index contributed by atoms with van der Waals surface area (Å²) in [6.45, 7) is 2.99. The molecule has 0 radical (unpaired) electrons. The fourth-order valence-corrected chi connectivity index (χ4v) is 6.06. The number of nitriles is 1. The normalized spacial score (nSPS) is 24.8. The van der Waals surface area contributed by atoms with Gasteiger partial charge in [0.2, 0.25) is 5.91 Å². The number of hydrogen-bond donors (Lipinski definition) is 0. The van der Waals surface area contributed by atoms with Crippen LogP contribution in [0.2, 0.25) is 0 Å². The van der Waals surface area contributed by atoms with Crippen LogP contribution in [0.25, 0.3) is 0 Å². The standard InChI is InChI=1S/C28H32N4O2/c29-20-21-11-13-24(14-12-21)30-15-6-16-31(18-17-30)28(34)26-19-23-9-4-5-10-25(23)32(26)27(33)22-7-2-1-3-8-22/h1-3,7-8,11-14,23,25-26H,4-6,9-10,15-19H2. The van der Waals surface area contributed by atoms with Crippen LogP contribution in [0, 0.1) is 17.2 Å². The van der Waals surface area contributed by atoms with Crippen molar-refractivity contribution in [3.63, 3.8) is 0 Å². The van der Waals surface area contributed by atoms with Crippen molar-refractivity contribution in [2.45, 2.75) is 50.6 Å².